The van der Waals surface area contributed by atoms with Crippen molar-refractivity contribution in [2.45, 2.75) is 56.8 Å². The lowest BCUT2D eigenvalue weighted by atomic mass is 10.1. The molecule has 0 unspecified atom stereocenters. The Morgan fingerprint density at radius 1 is 1.21 bits per heavy atom. The van der Waals surface area contributed by atoms with Gasteiger partial charge in [0.2, 0.25) is 24.1 Å². The third kappa shape index (κ3) is 3.66. The fraction of sp³-hybridized carbons (Fsp3) is 0.733. The molecule has 2 heterocycles. The average Bonchev–Trinajstić information content (AvgIpc) is 3.19. The fourth-order valence-corrected chi connectivity index (χ4v) is 3.34. The fourth-order valence-electron chi connectivity index (χ4n) is 3.34. The van der Waals surface area contributed by atoms with Crippen molar-refractivity contribution >= 4 is 24.1 Å². The monoisotopic (exact) mass is 340 g/mol. The molecule has 2 aliphatic heterocycles. The number of carbonyl (C=O) groups excluding carboxylic acids is 4. The summed E-state index contributed by atoms with van der Waals surface area (Å²) < 4.78 is 0. The molecule has 4 atom stereocenters. The van der Waals surface area contributed by atoms with E-state index < -0.39 is 42.0 Å². The maximum Gasteiger partial charge on any atom is 0.248 e. The summed E-state index contributed by atoms with van der Waals surface area (Å²) in [5.41, 5.74) is 5.31. The molecule has 0 bridgehead atoms. The minimum Gasteiger partial charge on any atom is -0.391 e. The summed E-state index contributed by atoms with van der Waals surface area (Å²) in [6.07, 6.45) is 1.81. The summed E-state index contributed by atoms with van der Waals surface area (Å²) in [6.45, 7) is 2.24. The second-order valence-electron chi connectivity index (χ2n) is 6.32. The van der Waals surface area contributed by atoms with E-state index in [-0.39, 0.29) is 0 Å². The van der Waals surface area contributed by atoms with Gasteiger partial charge in [0, 0.05) is 13.1 Å². The molecule has 0 saturated carbocycles. The lowest BCUT2D eigenvalue weighted by molar-refractivity contribution is -0.144. The molecule has 0 aromatic carbocycles. The van der Waals surface area contributed by atoms with Crippen LogP contribution in [0.15, 0.2) is 0 Å². The first kappa shape index (κ1) is 18.2. The maximum atomic E-state index is 12.7. The van der Waals surface area contributed by atoms with Crippen LogP contribution in [0.1, 0.15) is 32.6 Å². The lowest BCUT2D eigenvalue weighted by Crippen LogP contribution is -2.58. The van der Waals surface area contributed by atoms with Crippen LogP contribution in [-0.4, -0.2) is 76.4 Å². The van der Waals surface area contributed by atoms with E-state index in [1.807, 2.05) is 0 Å². The molecule has 24 heavy (non-hydrogen) atoms. The average molecular weight is 340 g/mol. The minimum absolute atomic E-state index is 0.357. The highest BCUT2D eigenvalue weighted by atomic mass is 16.3. The van der Waals surface area contributed by atoms with Crippen LogP contribution in [0.25, 0.3) is 0 Å². The highest BCUT2D eigenvalue weighted by Crippen LogP contribution is 2.20. The van der Waals surface area contributed by atoms with E-state index in [9.17, 15) is 24.3 Å². The Balaban J connectivity index is 2.08. The third-order valence-electron chi connectivity index (χ3n) is 4.64. The topological polar surface area (TPSA) is 133 Å². The van der Waals surface area contributed by atoms with Crippen LogP contribution in [0.5, 0.6) is 0 Å². The SMILES string of the molecule is C[C@@H](O)[C@H](NC(=O)[C@@H]1CCCN1C=O)C(=O)N1CCC[C@H]1C(N)=O. The molecule has 2 saturated heterocycles. The number of carbonyl (C=O) groups is 4. The predicted molar refractivity (Wildman–Crippen MR) is 83.3 cm³/mol. The van der Waals surface area contributed by atoms with Gasteiger partial charge in [-0.25, -0.2) is 0 Å². The van der Waals surface area contributed by atoms with Crippen LogP contribution in [0.2, 0.25) is 0 Å². The Hall–Kier alpha value is -2.16. The number of amides is 4. The number of aliphatic hydroxyl groups excluding tert-OH is 1. The molecule has 9 nitrogen and oxygen atoms in total. The molecular formula is C15H24N4O5. The zero-order chi connectivity index (χ0) is 17.9. The Kier molecular flexibility index (Phi) is 5.76. The number of nitrogens with one attached hydrogen (secondary N) is 1. The number of primary amides is 1. The molecule has 2 rings (SSSR count). The first-order valence-corrected chi connectivity index (χ1v) is 8.16. The summed E-state index contributed by atoms with van der Waals surface area (Å²) in [6, 6.07) is -2.53. The van der Waals surface area contributed by atoms with Crippen LogP contribution in [0, 0.1) is 0 Å². The van der Waals surface area contributed by atoms with Crippen molar-refractivity contribution in [3.8, 4) is 0 Å². The number of nitrogens with zero attached hydrogens (tertiary/aromatic N) is 2. The summed E-state index contributed by atoms with van der Waals surface area (Å²) in [5.74, 6) is -1.61. The van der Waals surface area contributed by atoms with Crippen molar-refractivity contribution in [1.29, 1.82) is 0 Å². The molecule has 0 aromatic heterocycles. The first-order chi connectivity index (χ1) is 11.4. The van der Waals surface area contributed by atoms with Crippen molar-refractivity contribution in [2.24, 2.45) is 5.73 Å². The normalized spacial score (nSPS) is 26.1. The van der Waals surface area contributed by atoms with Gasteiger partial charge in [-0.2, -0.15) is 0 Å². The van der Waals surface area contributed by atoms with Crippen molar-refractivity contribution in [2.75, 3.05) is 13.1 Å². The highest BCUT2D eigenvalue weighted by molar-refractivity contribution is 5.94. The number of hydrogen-bond acceptors (Lipinski definition) is 5. The molecule has 9 heteroatoms. The molecule has 134 valence electrons. The molecule has 0 aromatic rings. The van der Waals surface area contributed by atoms with Crippen LogP contribution in [0.3, 0.4) is 0 Å². The van der Waals surface area contributed by atoms with Crippen molar-refractivity contribution in [3.05, 3.63) is 0 Å². The largest absolute Gasteiger partial charge is 0.391 e. The smallest absolute Gasteiger partial charge is 0.248 e. The van der Waals surface area contributed by atoms with E-state index >= 15 is 0 Å². The summed E-state index contributed by atoms with van der Waals surface area (Å²) in [5, 5.41) is 12.4. The van der Waals surface area contributed by atoms with E-state index in [0.29, 0.717) is 45.2 Å². The molecule has 0 aliphatic carbocycles. The first-order valence-electron chi connectivity index (χ1n) is 8.16. The number of rotatable bonds is 6. The zero-order valence-corrected chi connectivity index (χ0v) is 13.7. The Morgan fingerprint density at radius 3 is 2.42 bits per heavy atom. The van der Waals surface area contributed by atoms with Gasteiger partial charge >= 0.3 is 0 Å². The van der Waals surface area contributed by atoms with E-state index in [0.717, 1.165) is 0 Å². The van der Waals surface area contributed by atoms with E-state index in [2.05, 4.69) is 5.32 Å². The van der Waals surface area contributed by atoms with Crippen LogP contribution in [0.4, 0.5) is 0 Å². The summed E-state index contributed by atoms with van der Waals surface area (Å²) in [4.78, 5) is 50.2. The molecule has 4 amide bonds. The number of likely N-dealkylation sites (tertiary alicyclic amines) is 2. The van der Waals surface area contributed by atoms with Crippen LogP contribution < -0.4 is 11.1 Å². The van der Waals surface area contributed by atoms with Gasteiger partial charge in [-0.05, 0) is 32.6 Å². The van der Waals surface area contributed by atoms with Gasteiger partial charge in [0.05, 0.1) is 6.10 Å². The zero-order valence-electron chi connectivity index (χ0n) is 13.7. The minimum atomic E-state index is -1.17. The van der Waals surface area contributed by atoms with Gasteiger partial charge in [0.25, 0.3) is 0 Å². The molecule has 0 radical (unpaired) electrons. The van der Waals surface area contributed by atoms with Gasteiger partial charge in [0.1, 0.15) is 18.1 Å². The van der Waals surface area contributed by atoms with E-state index in [1.54, 1.807) is 0 Å². The van der Waals surface area contributed by atoms with Crippen molar-refractivity contribution < 1.29 is 24.3 Å². The van der Waals surface area contributed by atoms with Crippen molar-refractivity contribution in [1.82, 2.24) is 15.1 Å². The van der Waals surface area contributed by atoms with Gasteiger partial charge in [-0.1, -0.05) is 0 Å². The van der Waals surface area contributed by atoms with Gasteiger partial charge < -0.3 is 26.0 Å². The second kappa shape index (κ2) is 7.61. The molecule has 4 N–H and O–H groups in total. The van der Waals surface area contributed by atoms with Crippen LogP contribution in [-0.2, 0) is 19.2 Å². The molecule has 2 fully saturated rings. The Bertz CT molecular complexity index is 524. The Labute approximate surface area is 140 Å². The van der Waals surface area contributed by atoms with E-state index in [1.165, 1.54) is 16.7 Å². The quantitative estimate of drug-likeness (QED) is 0.479. The predicted octanol–water partition coefficient (Wildman–Crippen LogP) is -2.05. The molecule has 2 aliphatic rings. The van der Waals surface area contributed by atoms with Gasteiger partial charge in [-0.15, -0.1) is 0 Å². The standard InChI is InChI=1S/C15H24N4O5/c1-9(21)12(15(24)19-7-3-4-10(19)13(16)22)17-14(23)11-5-2-6-18(11)8-20/h8-12,21H,2-7H2,1H3,(H2,16,22)(H,17,23)/t9-,10+,11+,12+/m1/s1. The summed E-state index contributed by atoms with van der Waals surface area (Å²) >= 11 is 0. The Morgan fingerprint density at radius 2 is 1.83 bits per heavy atom. The van der Waals surface area contributed by atoms with Gasteiger partial charge in [-0.3, -0.25) is 19.2 Å². The molecular weight excluding hydrogens is 316 g/mol. The van der Waals surface area contributed by atoms with Gasteiger partial charge in [0.15, 0.2) is 0 Å². The second-order valence-corrected chi connectivity index (χ2v) is 6.32. The summed E-state index contributed by atoms with van der Waals surface area (Å²) in [7, 11) is 0. The lowest BCUT2D eigenvalue weighted by Gasteiger charge is -2.30. The van der Waals surface area contributed by atoms with Crippen molar-refractivity contribution in [3.63, 3.8) is 0 Å². The number of aliphatic hydroxyl groups is 1. The van der Waals surface area contributed by atoms with Crippen LogP contribution >= 0.6 is 0 Å². The number of hydrogen-bond donors (Lipinski definition) is 3. The number of nitrogens with two attached hydrogens (primary N) is 1. The maximum absolute atomic E-state index is 12.7. The highest BCUT2D eigenvalue weighted by Gasteiger charge is 2.40. The van der Waals surface area contributed by atoms with E-state index in [4.69, 9.17) is 5.73 Å². The molecule has 0 spiro atoms. The third-order valence-corrected chi connectivity index (χ3v) is 4.64.